The second kappa shape index (κ2) is 20.2. The topological polar surface area (TPSA) is 47.1 Å². The predicted molar refractivity (Wildman–Crippen MR) is 307 cm³/mol. The molecule has 1 saturated heterocycles. The average Bonchev–Trinajstić information content (AvgIpc) is 3.26. The van der Waals surface area contributed by atoms with Gasteiger partial charge in [-0.25, -0.2) is 0 Å². The van der Waals surface area contributed by atoms with E-state index in [0.717, 1.165) is 51.6 Å². The molecule has 0 radical (unpaired) electrons. The summed E-state index contributed by atoms with van der Waals surface area (Å²) < 4.78 is 19.2. The van der Waals surface area contributed by atoms with Crippen LogP contribution < -0.4 is 43.6 Å². The normalized spacial score (nSPS) is 14.0. The molecule has 9 nitrogen and oxygen atoms in total. The van der Waals surface area contributed by atoms with Crippen LogP contribution in [0.2, 0.25) is 0 Å². The lowest BCUT2D eigenvalue weighted by Crippen LogP contribution is -2.55. The van der Waals surface area contributed by atoms with Gasteiger partial charge in [-0.3, -0.25) is 0 Å². The minimum Gasteiger partial charge on any atom is -0.457 e. The van der Waals surface area contributed by atoms with Crippen molar-refractivity contribution < 1.29 is 14.2 Å². The standard InChI is InChI=1S/C63H84N6O3/c1-58(2,3)67(59(4,5)6)49-25-37-55(38-26-49)70-52-31-19-46(20-32-52)64-43-65(47-21-33-53(34-22-47)71-56-39-27-50(28-40-56)68(60(7,8)9)61(10,11)12)45-66(44-64)48-23-35-54(36-24-48)72-57-41-29-51(30-42-57)69(62(13,14)15)63(16,17)18/h19-42H,43-45H2,1-18H3. The second-order valence-corrected chi connectivity index (χ2v) is 25.3. The SMILES string of the molecule is CC(C)(C)N(c1ccc(Oc2ccc(N3CN(c4ccc(Oc5ccc(N(C(C)(C)C)C(C)(C)C)cc5)cc4)CN(c4ccc(Oc5ccc(N(C(C)(C)C)C(C)(C)C)cc5)cc4)C3)cc2)cc1)C(C)(C)C. The molecule has 1 heterocycles. The quantitative estimate of drug-likeness (QED) is 0.119. The zero-order chi connectivity index (χ0) is 52.6. The molecule has 0 bridgehead atoms. The highest BCUT2D eigenvalue weighted by Gasteiger charge is 2.34. The van der Waals surface area contributed by atoms with Crippen LogP contribution in [0.5, 0.6) is 34.5 Å². The number of hydrogen-bond acceptors (Lipinski definition) is 9. The first-order chi connectivity index (χ1) is 33.4. The van der Waals surface area contributed by atoms with Crippen molar-refractivity contribution in [3.8, 4) is 34.5 Å². The first-order valence-electron chi connectivity index (χ1n) is 25.7. The maximum Gasteiger partial charge on any atom is 0.127 e. The zero-order valence-corrected chi connectivity index (χ0v) is 46.9. The fourth-order valence-electron chi connectivity index (χ4n) is 11.2. The Hall–Kier alpha value is -6.48. The molecule has 0 atom stereocenters. The predicted octanol–water partition coefficient (Wildman–Crippen LogP) is 17.0. The van der Waals surface area contributed by atoms with Gasteiger partial charge in [-0.15, -0.1) is 0 Å². The molecule has 1 fully saturated rings. The number of hydrogen-bond donors (Lipinski definition) is 0. The Balaban J connectivity index is 1.09. The number of ether oxygens (including phenoxy) is 3. The van der Waals surface area contributed by atoms with E-state index in [9.17, 15) is 0 Å². The van der Waals surface area contributed by atoms with Crippen molar-refractivity contribution in [1.82, 2.24) is 0 Å². The molecule has 0 aromatic heterocycles. The number of anilines is 6. The number of rotatable bonds is 12. The zero-order valence-electron chi connectivity index (χ0n) is 46.9. The summed E-state index contributed by atoms with van der Waals surface area (Å²) in [6.07, 6.45) is 0. The van der Waals surface area contributed by atoms with Gasteiger partial charge < -0.3 is 43.6 Å². The summed E-state index contributed by atoms with van der Waals surface area (Å²) >= 11 is 0. The molecule has 72 heavy (non-hydrogen) atoms. The monoisotopic (exact) mass is 973 g/mol. The van der Waals surface area contributed by atoms with E-state index in [-0.39, 0.29) is 33.2 Å². The fourth-order valence-corrected chi connectivity index (χ4v) is 11.2. The molecule has 1 aliphatic heterocycles. The first kappa shape index (κ1) is 53.3. The molecule has 384 valence electrons. The maximum atomic E-state index is 6.42. The van der Waals surface area contributed by atoms with E-state index < -0.39 is 0 Å². The molecule has 0 unspecified atom stereocenters. The van der Waals surface area contributed by atoms with Gasteiger partial charge in [0.15, 0.2) is 0 Å². The van der Waals surface area contributed by atoms with E-state index in [4.69, 9.17) is 14.2 Å². The Morgan fingerprint density at radius 2 is 0.403 bits per heavy atom. The molecule has 9 heteroatoms. The van der Waals surface area contributed by atoms with Gasteiger partial charge in [-0.05, 0) is 270 Å². The Kier molecular flexibility index (Phi) is 15.0. The van der Waals surface area contributed by atoms with Crippen LogP contribution in [0.3, 0.4) is 0 Å². The van der Waals surface area contributed by atoms with Gasteiger partial charge in [0.25, 0.3) is 0 Å². The summed E-state index contributed by atoms with van der Waals surface area (Å²) in [4.78, 5) is 14.5. The van der Waals surface area contributed by atoms with Crippen LogP contribution in [0.25, 0.3) is 0 Å². The summed E-state index contributed by atoms with van der Waals surface area (Å²) in [6.45, 7) is 42.7. The van der Waals surface area contributed by atoms with E-state index in [0.29, 0.717) is 20.0 Å². The van der Waals surface area contributed by atoms with E-state index in [2.05, 4.69) is 300 Å². The lowest BCUT2D eigenvalue weighted by molar-refractivity contribution is 0.380. The summed E-state index contributed by atoms with van der Waals surface area (Å²) in [7, 11) is 0. The largest absolute Gasteiger partial charge is 0.457 e. The highest BCUT2D eigenvalue weighted by Crippen LogP contribution is 2.38. The lowest BCUT2D eigenvalue weighted by atomic mass is 9.94. The van der Waals surface area contributed by atoms with Crippen molar-refractivity contribution in [3.63, 3.8) is 0 Å². The molecule has 0 amide bonds. The minimum absolute atomic E-state index is 0.0320. The third kappa shape index (κ3) is 13.1. The van der Waals surface area contributed by atoms with Gasteiger partial charge in [-0.1, -0.05) is 0 Å². The van der Waals surface area contributed by atoms with Gasteiger partial charge in [0.2, 0.25) is 0 Å². The molecule has 0 saturated carbocycles. The summed E-state index contributed by atoms with van der Waals surface area (Å²) in [6, 6.07) is 50.6. The summed E-state index contributed by atoms with van der Waals surface area (Å²) in [5, 5.41) is 0. The van der Waals surface area contributed by atoms with Crippen LogP contribution in [0.4, 0.5) is 34.1 Å². The molecule has 1 aliphatic rings. The lowest BCUT2D eigenvalue weighted by Gasteiger charge is -2.47. The molecular formula is C63H84N6O3. The van der Waals surface area contributed by atoms with Crippen molar-refractivity contribution >= 4 is 34.1 Å². The molecule has 7 rings (SSSR count). The molecule has 6 aromatic rings. The first-order valence-corrected chi connectivity index (χ1v) is 25.7. The van der Waals surface area contributed by atoms with E-state index in [1.54, 1.807) is 0 Å². The average molecular weight is 973 g/mol. The third-order valence-electron chi connectivity index (χ3n) is 12.6. The van der Waals surface area contributed by atoms with Gasteiger partial charge in [-0.2, -0.15) is 0 Å². The highest BCUT2D eigenvalue weighted by molar-refractivity contribution is 5.62. The van der Waals surface area contributed by atoms with E-state index in [1.165, 1.54) is 17.1 Å². The van der Waals surface area contributed by atoms with Gasteiger partial charge in [0, 0.05) is 67.4 Å². The van der Waals surface area contributed by atoms with Gasteiger partial charge in [0.05, 0.1) is 20.0 Å². The van der Waals surface area contributed by atoms with Crippen molar-refractivity contribution in [3.05, 3.63) is 146 Å². The molecule has 0 spiro atoms. The van der Waals surface area contributed by atoms with Crippen LogP contribution in [0.15, 0.2) is 146 Å². The fraction of sp³-hybridized carbons (Fsp3) is 0.429. The van der Waals surface area contributed by atoms with Crippen molar-refractivity contribution in [2.45, 2.75) is 158 Å². The number of nitrogens with zero attached hydrogens (tertiary/aromatic N) is 6. The van der Waals surface area contributed by atoms with E-state index in [1.807, 2.05) is 0 Å². The number of benzene rings is 6. The smallest absolute Gasteiger partial charge is 0.127 e. The Bertz CT molecular complexity index is 2330. The third-order valence-corrected chi connectivity index (χ3v) is 12.6. The summed E-state index contributed by atoms with van der Waals surface area (Å²) in [5.41, 5.74) is 6.61. The summed E-state index contributed by atoms with van der Waals surface area (Å²) in [5.74, 6) is 4.78. The van der Waals surface area contributed by atoms with Crippen LogP contribution in [-0.2, 0) is 0 Å². The Morgan fingerprint density at radius 3 is 0.556 bits per heavy atom. The van der Waals surface area contributed by atoms with E-state index >= 15 is 0 Å². The second-order valence-electron chi connectivity index (χ2n) is 25.3. The van der Waals surface area contributed by atoms with Gasteiger partial charge >= 0.3 is 0 Å². The van der Waals surface area contributed by atoms with Crippen molar-refractivity contribution in [2.24, 2.45) is 0 Å². The van der Waals surface area contributed by atoms with Crippen LogP contribution >= 0.6 is 0 Å². The van der Waals surface area contributed by atoms with Crippen LogP contribution in [-0.4, -0.2) is 53.2 Å². The van der Waals surface area contributed by atoms with Crippen molar-refractivity contribution in [2.75, 3.05) is 49.4 Å². The molecule has 0 aliphatic carbocycles. The molecular weight excluding hydrogens is 889 g/mol. The maximum absolute atomic E-state index is 6.42. The molecule has 0 N–H and O–H groups in total. The Morgan fingerprint density at radius 1 is 0.250 bits per heavy atom. The van der Waals surface area contributed by atoms with Crippen LogP contribution in [0.1, 0.15) is 125 Å². The van der Waals surface area contributed by atoms with Crippen LogP contribution in [0, 0.1) is 0 Å². The highest BCUT2D eigenvalue weighted by atomic mass is 16.5. The van der Waals surface area contributed by atoms with Gasteiger partial charge in [0.1, 0.15) is 34.5 Å². The molecule has 6 aromatic carbocycles. The Labute approximate surface area is 433 Å². The minimum atomic E-state index is -0.0320. The van der Waals surface area contributed by atoms with Crippen molar-refractivity contribution in [1.29, 1.82) is 0 Å².